The molecule has 0 bridgehead atoms. The van der Waals surface area contributed by atoms with Crippen molar-refractivity contribution < 1.29 is 4.74 Å². The number of rotatable bonds is 3. The van der Waals surface area contributed by atoms with Gasteiger partial charge in [-0.3, -0.25) is 4.90 Å². The van der Waals surface area contributed by atoms with Crippen LogP contribution in [0.5, 0.6) is 0 Å². The van der Waals surface area contributed by atoms with Crippen molar-refractivity contribution in [2.24, 2.45) is 0 Å². The second-order valence-corrected chi connectivity index (χ2v) is 5.25. The van der Waals surface area contributed by atoms with Gasteiger partial charge in [-0.05, 0) is 46.1 Å². The lowest BCUT2D eigenvalue weighted by Gasteiger charge is -2.41. The molecule has 0 spiro atoms. The zero-order chi connectivity index (χ0) is 11.4. The van der Waals surface area contributed by atoms with Crippen LogP contribution >= 0.6 is 0 Å². The van der Waals surface area contributed by atoms with Crippen molar-refractivity contribution >= 4 is 0 Å². The van der Waals surface area contributed by atoms with E-state index in [0.717, 1.165) is 19.2 Å². The molecular weight excluding hydrogens is 200 g/mol. The third-order valence-electron chi connectivity index (χ3n) is 3.96. The van der Waals surface area contributed by atoms with Crippen LogP contribution in [0.4, 0.5) is 0 Å². The van der Waals surface area contributed by atoms with Crippen molar-refractivity contribution in [3.63, 3.8) is 0 Å². The number of likely N-dealkylation sites (tertiary alicyclic amines) is 1. The molecule has 3 nitrogen and oxygen atoms in total. The molecule has 2 aliphatic heterocycles. The number of hydrogen-bond acceptors (Lipinski definition) is 3. The number of nitrogens with one attached hydrogen (secondary N) is 1. The molecule has 3 atom stereocenters. The maximum absolute atomic E-state index is 5.76. The van der Waals surface area contributed by atoms with E-state index in [1.165, 1.54) is 38.8 Å². The molecule has 2 saturated heterocycles. The minimum absolute atomic E-state index is 0.484. The summed E-state index contributed by atoms with van der Waals surface area (Å²) in [4.78, 5) is 2.64. The summed E-state index contributed by atoms with van der Waals surface area (Å²) >= 11 is 0. The van der Waals surface area contributed by atoms with E-state index < -0.39 is 0 Å². The Morgan fingerprint density at radius 3 is 2.88 bits per heavy atom. The van der Waals surface area contributed by atoms with Gasteiger partial charge in [0.1, 0.15) is 0 Å². The molecule has 3 unspecified atom stereocenters. The first-order valence-electron chi connectivity index (χ1n) is 6.88. The van der Waals surface area contributed by atoms with E-state index >= 15 is 0 Å². The average Bonchev–Trinajstić information content (AvgIpc) is 2.31. The van der Waals surface area contributed by atoms with Gasteiger partial charge in [0.2, 0.25) is 0 Å². The summed E-state index contributed by atoms with van der Waals surface area (Å²) in [5.41, 5.74) is 0. The quantitative estimate of drug-likeness (QED) is 0.791. The Morgan fingerprint density at radius 2 is 2.19 bits per heavy atom. The minimum atomic E-state index is 0.484. The van der Waals surface area contributed by atoms with Gasteiger partial charge in [-0.2, -0.15) is 0 Å². The Kier molecular flexibility index (Phi) is 4.62. The smallest absolute Gasteiger partial charge is 0.0702 e. The molecule has 0 aromatic carbocycles. The maximum atomic E-state index is 5.76. The molecule has 3 heteroatoms. The van der Waals surface area contributed by atoms with Gasteiger partial charge in [-0.1, -0.05) is 0 Å². The molecule has 2 aliphatic rings. The van der Waals surface area contributed by atoms with Crippen LogP contribution in [0.25, 0.3) is 0 Å². The summed E-state index contributed by atoms with van der Waals surface area (Å²) < 4.78 is 5.76. The minimum Gasteiger partial charge on any atom is -0.377 e. The largest absolute Gasteiger partial charge is 0.377 e. The molecule has 2 rings (SSSR count). The first kappa shape index (κ1) is 12.3. The van der Waals surface area contributed by atoms with Crippen LogP contribution in [0.1, 0.15) is 39.5 Å². The zero-order valence-electron chi connectivity index (χ0n) is 10.7. The predicted molar refractivity (Wildman–Crippen MR) is 66.7 cm³/mol. The Hall–Kier alpha value is -0.120. The molecule has 2 heterocycles. The monoisotopic (exact) mass is 226 g/mol. The van der Waals surface area contributed by atoms with E-state index in [4.69, 9.17) is 4.74 Å². The lowest BCUT2D eigenvalue weighted by atomic mass is 9.97. The molecule has 94 valence electrons. The molecule has 0 aromatic heterocycles. The molecule has 0 radical (unpaired) electrons. The van der Waals surface area contributed by atoms with Gasteiger partial charge in [-0.25, -0.2) is 0 Å². The van der Waals surface area contributed by atoms with Gasteiger partial charge in [0, 0.05) is 31.8 Å². The van der Waals surface area contributed by atoms with Crippen LogP contribution in [0.15, 0.2) is 0 Å². The number of nitrogens with zero attached hydrogens (tertiary/aromatic N) is 1. The highest BCUT2D eigenvalue weighted by Gasteiger charge is 2.28. The number of hydrogen-bond donors (Lipinski definition) is 1. The summed E-state index contributed by atoms with van der Waals surface area (Å²) in [5, 5.41) is 3.59. The van der Waals surface area contributed by atoms with Crippen LogP contribution in [-0.2, 0) is 4.74 Å². The van der Waals surface area contributed by atoms with Gasteiger partial charge in [0.05, 0.1) is 6.10 Å². The van der Waals surface area contributed by atoms with E-state index in [9.17, 15) is 0 Å². The zero-order valence-corrected chi connectivity index (χ0v) is 10.7. The van der Waals surface area contributed by atoms with Crippen LogP contribution in [0.3, 0.4) is 0 Å². The summed E-state index contributed by atoms with van der Waals surface area (Å²) in [6.45, 7) is 8.83. The first-order chi connectivity index (χ1) is 7.79. The maximum Gasteiger partial charge on any atom is 0.0702 e. The number of piperidine rings is 2. The van der Waals surface area contributed by atoms with Crippen molar-refractivity contribution in [1.29, 1.82) is 0 Å². The summed E-state index contributed by atoms with van der Waals surface area (Å²) in [6, 6.07) is 1.46. The summed E-state index contributed by atoms with van der Waals surface area (Å²) in [7, 11) is 0. The molecule has 2 fully saturated rings. The van der Waals surface area contributed by atoms with Crippen molar-refractivity contribution in [2.45, 2.75) is 57.7 Å². The van der Waals surface area contributed by atoms with Gasteiger partial charge < -0.3 is 10.1 Å². The third kappa shape index (κ3) is 3.19. The lowest BCUT2D eigenvalue weighted by Crippen LogP contribution is -2.53. The van der Waals surface area contributed by atoms with E-state index in [-0.39, 0.29) is 0 Å². The molecule has 16 heavy (non-hydrogen) atoms. The SMILES string of the molecule is CCOC1CCCN(C2CCC(C)NC2)C1. The van der Waals surface area contributed by atoms with Crippen molar-refractivity contribution in [3.8, 4) is 0 Å². The third-order valence-corrected chi connectivity index (χ3v) is 3.96. The summed E-state index contributed by atoms with van der Waals surface area (Å²) in [6.07, 6.45) is 5.71. The second-order valence-electron chi connectivity index (χ2n) is 5.25. The Labute approximate surface area is 99.5 Å². The molecule has 0 saturated carbocycles. The fourth-order valence-corrected chi connectivity index (χ4v) is 2.96. The Balaban J connectivity index is 1.80. The molecule has 1 N–H and O–H groups in total. The predicted octanol–water partition coefficient (Wildman–Crippen LogP) is 1.63. The fourth-order valence-electron chi connectivity index (χ4n) is 2.96. The standard InChI is InChI=1S/C13H26N2O/c1-3-16-13-5-4-8-15(10-13)12-7-6-11(2)14-9-12/h11-14H,3-10H2,1-2H3. The second kappa shape index (κ2) is 5.99. The van der Waals surface area contributed by atoms with E-state index in [0.29, 0.717) is 12.1 Å². The molecule has 0 aromatic rings. The highest BCUT2D eigenvalue weighted by molar-refractivity contribution is 4.85. The highest BCUT2D eigenvalue weighted by Crippen LogP contribution is 2.20. The van der Waals surface area contributed by atoms with Gasteiger partial charge in [0.25, 0.3) is 0 Å². The fraction of sp³-hybridized carbons (Fsp3) is 1.00. The Morgan fingerprint density at radius 1 is 1.31 bits per heavy atom. The number of ether oxygens (including phenoxy) is 1. The van der Waals surface area contributed by atoms with Crippen molar-refractivity contribution in [2.75, 3.05) is 26.2 Å². The Bertz CT molecular complexity index is 200. The van der Waals surface area contributed by atoms with Crippen LogP contribution in [0, 0.1) is 0 Å². The van der Waals surface area contributed by atoms with E-state index in [1.54, 1.807) is 0 Å². The van der Waals surface area contributed by atoms with Crippen LogP contribution in [0.2, 0.25) is 0 Å². The van der Waals surface area contributed by atoms with Crippen LogP contribution in [-0.4, -0.2) is 49.3 Å². The highest BCUT2D eigenvalue weighted by atomic mass is 16.5. The molecular formula is C13H26N2O. The topological polar surface area (TPSA) is 24.5 Å². The van der Waals surface area contributed by atoms with Crippen molar-refractivity contribution in [3.05, 3.63) is 0 Å². The average molecular weight is 226 g/mol. The molecule has 0 amide bonds. The normalized spacial score (nSPS) is 37.5. The summed E-state index contributed by atoms with van der Waals surface area (Å²) in [5.74, 6) is 0. The van der Waals surface area contributed by atoms with E-state index in [1.807, 2.05) is 0 Å². The molecule has 0 aliphatic carbocycles. The van der Waals surface area contributed by atoms with E-state index in [2.05, 4.69) is 24.1 Å². The lowest BCUT2D eigenvalue weighted by molar-refractivity contribution is -0.0116. The van der Waals surface area contributed by atoms with Gasteiger partial charge >= 0.3 is 0 Å². The first-order valence-corrected chi connectivity index (χ1v) is 6.88. The van der Waals surface area contributed by atoms with Gasteiger partial charge in [-0.15, -0.1) is 0 Å². The van der Waals surface area contributed by atoms with Crippen molar-refractivity contribution in [1.82, 2.24) is 10.2 Å². The van der Waals surface area contributed by atoms with Gasteiger partial charge in [0.15, 0.2) is 0 Å². The van der Waals surface area contributed by atoms with Crippen LogP contribution < -0.4 is 5.32 Å².